The van der Waals surface area contributed by atoms with Crippen molar-refractivity contribution in [2.24, 2.45) is 0 Å². The summed E-state index contributed by atoms with van der Waals surface area (Å²) in [5.41, 5.74) is -1.74. The molecule has 1 fully saturated rings. The average Bonchev–Trinajstić information content (AvgIpc) is 3.52. The fourth-order valence-corrected chi connectivity index (χ4v) is 4.49. The summed E-state index contributed by atoms with van der Waals surface area (Å²) in [4.78, 5) is 29.6. The van der Waals surface area contributed by atoms with E-state index in [2.05, 4.69) is 19.9 Å². The van der Waals surface area contributed by atoms with Gasteiger partial charge in [-0.2, -0.15) is 13.2 Å². The Morgan fingerprint density at radius 3 is 2.74 bits per heavy atom. The van der Waals surface area contributed by atoms with Gasteiger partial charge >= 0.3 is 6.18 Å². The third-order valence-corrected chi connectivity index (χ3v) is 6.45. The van der Waals surface area contributed by atoms with Crippen molar-refractivity contribution >= 4 is 17.0 Å². The molecule has 2 aliphatic rings. The highest BCUT2D eigenvalue weighted by Gasteiger charge is 2.49. The number of amides is 1. The van der Waals surface area contributed by atoms with Crippen LogP contribution in [0.5, 0.6) is 0 Å². The third kappa shape index (κ3) is 3.40. The van der Waals surface area contributed by atoms with Gasteiger partial charge in [0.05, 0.1) is 12.0 Å². The number of aromatic nitrogens is 4. The number of halogens is 4. The molecule has 0 unspecified atom stereocenters. The van der Waals surface area contributed by atoms with Gasteiger partial charge in [0, 0.05) is 24.7 Å². The van der Waals surface area contributed by atoms with Crippen molar-refractivity contribution in [3.63, 3.8) is 0 Å². The Labute approximate surface area is 193 Å². The summed E-state index contributed by atoms with van der Waals surface area (Å²) in [6.07, 6.45) is -2.36. The number of H-pyrrole nitrogens is 1. The Kier molecular flexibility index (Phi) is 4.59. The summed E-state index contributed by atoms with van der Waals surface area (Å²) in [5.74, 6) is -3.26. The van der Waals surface area contributed by atoms with Gasteiger partial charge in [0.2, 0.25) is 17.5 Å². The molecule has 3 aromatic heterocycles. The average molecular weight is 491 g/mol. The molecule has 182 valence electrons. The highest BCUT2D eigenvalue weighted by Crippen LogP contribution is 2.44. The second kappa shape index (κ2) is 7.38. The SMILES string of the molecule is O=C(c1oc(C2(O)CCC2)nc1C(F)(F)F)N1CCc2[nH]cnc2[C@H]1c1nc2cc(F)ccc2o1. The standard InChI is InChI=1S/C22H17F4N5O4/c23-10-2-3-13-12(8-10)29-18(34-13)15-14-11(27-9-28-14)4-7-31(15)19(32)16-17(22(24,25)26)30-20(35-16)21(33)5-1-6-21/h2-3,8-9,15,33H,1,4-7H2,(H,27,28)/t15-/m0/s1. The van der Waals surface area contributed by atoms with Crippen molar-refractivity contribution in [2.75, 3.05) is 6.54 Å². The number of carbonyl (C=O) groups excluding carboxylic acids is 1. The van der Waals surface area contributed by atoms with E-state index in [1.165, 1.54) is 18.5 Å². The highest BCUT2D eigenvalue weighted by atomic mass is 19.4. The normalized spacial score (nSPS) is 19.6. The molecule has 1 amide bonds. The van der Waals surface area contributed by atoms with Gasteiger partial charge in [0.15, 0.2) is 17.3 Å². The quantitative estimate of drug-likeness (QED) is 0.418. The number of nitrogens with zero attached hydrogens (tertiary/aromatic N) is 4. The molecular formula is C22H17F4N5O4. The number of oxazole rings is 2. The molecule has 9 nitrogen and oxygen atoms in total. The highest BCUT2D eigenvalue weighted by molar-refractivity contribution is 5.93. The predicted octanol–water partition coefficient (Wildman–Crippen LogP) is 3.86. The molecular weight excluding hydrogens is 474 g/mol. The molecule has 13 heteroatoms. The van der Waals surface area contributed by atoms with E-state index in [0.717, 1.165) is 11.0 Å². The van der Waals surface area contributed by atoms with Crippen LogP contribution in [0.25, 0.3) is 11.1 Å². The largest absolute Gasteiger partial charge is 0.438 e. The summed E-state index contributed by atoms with van der Waals surface area (Å²) in [5, 5.41) is 10.5. The molecule has 1 aliphatic carbocycles. The zero-order valence-electron chi connectivity index (χ0n) is 17.9. The van der Waals surface area contributed by atoms with Crippen LogP contribution in [0, 0.1) is 5.82 Å². The van der Waals surface area contributed by atoms with E-state index in [1.54, 1.807) is 0 Å². The topological polar surface area (TPSA) is 121 Å². The lowest BCUT2D eigenvalue weighted by Gasteiger charge is -2.33. The number of hydrogen-bond acceptors (Lipinski definition) is 7. The van der Waals surface area contributed by atoms with Gasteiger partial charge in [-0.25, -0.2) is 19.3 Å². The predicted molar refractivity (Wildman–Crippen MR) is 108 cm³/mol. The third-order valence-electron chi connectivity index (χ3n) is 6.45. The number of fused-ring (bicyclic) bond motifs is 2. The van der Waals surface area contributed by atoms with Gasteiger partial charge in [-0.1, -0.05) is 0 Å². The Balaban J connectivity index is 1.46. The van der Waals surface area contributed by atoms with Crippen LogP contribution in [0.1, 0.15) is 64.7 Å². The number of aliphatic hydroxyl groups is 1. The molecule has 0 spiro atoms. The summed E-state index contributed by atoms with van der Waals surface area (Å²) in [7, 11) is 0. The van der Waals surface area contributed by atoms with Gasteiger partial charge in [0.1, 0.15) is 16.9 Å². The first-order chi connectivity index (χ1) is 16.6. The lowest BCUT2D eigenvalue weighted by molar-refractivity contribution is -0.141. The van der Waals surface area contributed by atoms with Gasteiger partial charge in [-0.05, 0) is 31.4 Å². The van der Waals surface area contributed by atoms with Crippen molar-refractivity contribution in [3.05, 3.63) is 65.0 Å². The Hall–Kier alpha value is -3.74. The van der Waals surface area contributed by atoms with Crippen LogP contribution in [0.2, 0.25) is 0 Å². The number of benzene rings is 1. The first-order valence-electron chi connectivity index (χ1n) is 10.8. The van der Waals surface area contributed by atoms with Crippen LogP contribution in [0.15, 0.2) is 33.4 Å². The minimum absolute atomic E-state index is 0.0105. The van der Waals surface area contributed by atoms with E-state index in [-0.39, 0.29) is 42.8 Å². The van der Waals surface area contributed by atoms with Gasteiger partial charge < -0.3 is 23.8 Å². The Morgan fingerprint density at radius 1 is 1.23 bits per heavy atom. The van der Waals surface area contributed by atoms with Gasteiger partial charge in [-0.3, -0.25) is 4.79 Å². The molecule has 1 aromatic carbocycles. The molecule has 35 heavy (non-hydrogen) atoms. The van der Waals surface area contributed by atoms with Crippen LogP contribution in [0.4, 0.5) is 17.6 Å². The molecule has 4 aromatic rings. The fourth-order valence-electron chi connectivity index (χ4n) is 4.49. The zero-order chi connectivity index (χ0) is 24.5. The summed E-state index contributed by atoms with van der Waals surface area (Å²) in [6.45, 7) is -0.0105. The van der Waals surface area contributed by atoms with Crippen molar-refractivity contribution in [2.45, 2.75) is 43.5 Å². The second-order valence-electron chi connectivity index (χ2n) is 8.66. The number of hydrogen-bond donors (Lipinski definition) is 2. The zero-order valence-corrected chi connectivity index (χ0v) is 17.9. The lowest BCUT2D eigenvalue weighted by atomic mass is 9.80. The summed E-state index contributed by atoms with van der Waals surface area (Å²) in [6, 6.07) is 2.59. The van der Waals surface area contributed by atoms with E-state index in [0.29, 0.717) is 17.8 Å². The van der Waals surface area contributed by atoms with Crippen LogP contribution >= 0.6 is 0 Å². The number of aromatic amines is 1. The molecule has 0 bridgehead atoms. The first-order valence-corrected chi connectivity index (χ1v) is 10.8. The molecule has 2 N–H and O–H groups in total. The minimum atomic E-state index is -5.00. The van der Waals surface area contributed by atoms with E-state index in [9.17, 15) is 27.5 Å². The van der Waals surface area contributed by atoms with Gasteiger partial charge in [0.25, 0.3) is 5.91 Å². The van der Waals surface area contributed by atoms with Crippen molar-refractivity contribution in [1.29, 1.82) is 0 Å². The maximum absolute atomic E-state index is 13.8. The molecule has 0 saturated heterocycles. The van der Waals surface area contributed by atoms with Gasteiger partial charge in [-0.15, -0.1) is 0 Å². The minimum Gasteiger partial charge on any atom is -0.438 e. The number of nitrogens with one attached hydrogen (secondary N) is 1. The number of carbonyl (C=O) groups is 1. The Morgan fingerprint density at radius 2 is 2.03 bits per heavy atom. The van der Waals surface area contributed by atoms with E-state index >= 15 is 0 Å². The number of imidazole rings is 1. The first kappa shape index (κ1) is 21.8. The molecule has 6 rings (SSSR count). The number of alkyl halides is 3. The maximum Gasteiger partial charge on any atom is 0.437 e. The molecule has 1 saturated carbocycles. The van der Waals surface area contributed by atoms with Crippen molar-refractivity contribution in [3.8, 4) is 0 Å². The molecule has 0 radical (unpaired) electrons. The van der Waals surface area contributed by atoms with E-state index in [4.69, 9.17) is 8.83 Å². The summed E-state index contributed by atoms with van der Waals surface area (Å²) >= 11 is 0. The fraction of sp³-hybridized carbons (Fsp3) is 0.364. The molecule has 4 heterocycles. The maximum atomic E-state index is 13.8. The second-order valence-corrected chi connectivity index (χ2v) is 8.66. The van der Waals surface area contributed by atoms with E-state index < -0.39 is 46.9 Å². The summed E-state index contributed by atoms with van der Waals surface area (Å²) < 4.78 is 66.2. The van der Waals surface area contributed by atoms with Crippen molar-refractivity contribution < 1.29 is 36.3 Å². The molecule has 1 atom stereocenters. The molecule has 1 aliphatic heterocycles. The van der Waals surface area contributed by atoms with Crippen LogP contribution in [-0.4, -0.2) is 42.4 Å². The Bertz CT molecular complexity index is 1450. The smallest absolute Gasteiger partial charge is 0.437 e. The van der Waals surface area contributed by atoms with Crippen LogP contribution < -0.4 is 0 Å². The monoisotopic (exact) mass is 491 g/mol. The van der Waals surface area contributed by atoms with Crippen LogP contribution in [0.3, 0.4) is 0 Å². The van der Waals surface area contributed by atoms with Crippen LogP contribution in [-0.2, 0) is 18.2 Å². The lowest BCUT2D eigenvalue weighted by Crippen LogP contribution is -2.41. The van der Waals surface area contributed by atoms with E-state index in [1.807, 2.05) is 0 Å². The number of rotatable bonds is 3. The van der Waals surface area contributed by atoms with Crippen molar-refractivity contribution in [1.82, 2.24) is 24.8 Å².